The predicted molar refractivity (Wildman–Crippen MR) is 71.4 cm³/mol. The molecule has 1 saturated heterocycles. The fourth-order valence-corrected chi connectivity index (χ4v) is 3.61. The number of nitrogens with zero attached hydrogens (tertiary/aromatic N) is 2. The van der Waals surface area contributed by atoms with Gasteiger partial charge < -0.3 is 0 Å². The summed E-state index contributed by atoms with van der Waals surface area (Å²) < 4.78 is 22.6. The van der Waals surface area contributed by atoms with Crippen molar-refractivity contribution in [2.45, 2.75) is 13.3 Å². The molecule has 1 aliphatic heterocycles. The first-order chi connectivity index (χ1) is 8.98. The van der Waals surface area contributed by atoms with E-state index in [2.05, 4.69) is 15.5 Å². The van der Waals surface area contributed by atoms with E-state index >= 15 is 0 Å². The van der Waals surface area contributed by atoms with Crippen LogP contribution in [0, 0.1) is 5.92 Å². The summed E-state index contributed by atoms with van der Waals surface area (Å²) in [6, 6.07) is 5.40. The van der Waals surface area contributed by atoms with Crippen LogP contribution in [-0.2, 0) is 14.6 Å². The zero-order chi connectivity index (χ0) is 13.9. The first-order valence-electron chi connectivity index (χ1n) is 5.94. The zero-order valence-corrected chi connectivity index (χ0v) is 11.4. The average Bonchev–Trinajstić information content (AvgIpc) is 2.77. The van der Waals surface area contributed by atoms with Crippen LogP contribution in [0.3, 0.4) is 0 Å². The maximum absolute atomic E-state index is 11.8. The molecule has 0 aliphatic carbocycles. The summed E-state index contributed by atoms with van der Waals surface area (Å²) in [7, 11) is -3.05. The van der Waals surface area contributed by atoms with Crippen molar-refractivity contribution in [1.29, 1.82) is 0 Å². The Labute approximate surface area is 111 Å². The Morgan fingerprint density at radius 3 is 2.84 bits per heavy atom. The molecule has 0 aromatic carbocycles. The monoisotopic (exact) mass is 281 g/mol. The molecule has 1 N–H and O–H groups in total. The molecule has 19 heavy (non-hydrogen) atoms. The van der Waals surface area contributed by atoms with Crippen molar-refractivity contribution in [2.75, 3.05) is 11.5 Å². The molecule has 1 aliphatic rings. The molecule has 0 bridgehead atoms. The number of carbonyl (C=O) groups excluding carboxylic acids is 1. The van der Waals surface area contributed by atoms with Crippen molar-refractivity contribution in [3.8, 4) is 0 Å². The van der Waals surface area contributed by atoms with E-state index in [1.807, 2.05) is 6.07 Å². The molecular weight excluding hydrogens is 266 g/mol. The van der Waals surface area contributed by atoms with Crippen molar-refractivity contribution >= 4 is 21.5 Å². The Morgan fingerprint density at radius 2 is 2.26 bits per heavy atom. The fourth-order valence-electron chi connectivity index (χ4n) is 1.87. The Morgan fingerprint density at radius 1 is 1.47 bits per heavy atom. The third-order valence-corrected chi connectivity index (χ3v) is 4.74. The van der Waals surface area contributed by atoms with Crippen LogP contribution in [0.4, 0.5) is 0 Å². The van der Waals surface area contributed by atoms with Crippen LogP contribution in [0.25, 0.3) is 0 Å². The highest BCUT2D eigenvalue weighted by Gasteiger charge is 2.32. The van der Waals surface area contributed by atoms with Crippen LogP contribution < -0.4 is 5.43 Å². The van der Waals surface area contributed by atoms with Gasteiger partial charge in [-0.1, -0.05) is 6.07 Å². The maximum atomic E-state index is 11.8. The van der Waals surface area contributed by atoms with Crippen molar-refractivity contribution in [3.63, 3.8) is 0 Å². The topological polar surface area (TPSA) is 88.5 Å². The smallest absolute Gasteiger partial charge is 0.244 e. The highest BCUT2D eigenvalue weighted by molar-refractivity contribution is 7.91. The molecule has 7 heteroatoms. The van der Waals surface area contributed by atoms with E-state index in [0.717, 1.165) is 0 Å². The lowest BCUT2D eigenvalue weighted by molar-refractivity contribution is -0.124. The highest BCUT2D eigenvalue weighted by atomic mass is 32.2. The molecule has 0 radical (unpaired) electrons. The molecule has 6 nitrogen and oxygen atoms in total. The second-order valence-corrected chi connectivity index (χ2v) is 6.72. The van der Waals surface area contributed by atoms with Gasteiger partial charge in [-0.25, -0.2) is 13.8 Å². The van der Waals surface area contributed by atoms with Gasteiger partial charge in [-0.15, -0.1) is 0 Å². The molecule has 0 saturated carbocycles. The number of carbonyl (C=O) groups is 1. The van der Waals surface area contributed by atoms with E-state index in [-0.39, 0.29) is 17.4 Å². The van der Waals surface area contributed by atoms with Crippen LogP contribution in [-0.4, -0.2) is 36.5 Å². The highest BCUT2D eigenvalue weighted by Crippen LogP contribution is 2.18. The summed E-state index contributed by atoms with van der Waals surface area (Å²) in [4.78, 5) is 15.9. The molecule has 0 spiro atoms. The van der Waals surface area contributed by atoms with Gasteiger partial charge in [0.15, 0.2) is 9.84 Å². The van der Waals surface area contributed by atoms with E-state index in [9.17, 15) is 13.2 Å². The zero-order valence-electron chi connectivity index (χ0n) is 10.5. The standard InChI is InChI=1S/C12H15N3O3S/c1-9(11-4-2-3-6-13-11)14-15-12(16)10-5-7-19(17,18)8-10/h2-4,6,10H,5,7-8H2,1H3,(H,15,16)/b14-9-/t10-/m1/s1. The van der Waals surface area contributed by atoms with Gasteiger partial charge in [0.2, 0.25) is 5.91 Å². The van der Waals surface area contributed by atoms with Crippen LogP contribution in [0.1, 0.15) is 19.0 Å². The van der Waals surface area contributed by atoms with Gasteiger partial charge in [-0.05, 0) is 25.5 Å². The minimum atomic E-state index is -3.05. The summed E-state index contributed by atoms with van der Waals surface area (Å²) in [5.74, 6) is -0.855. The Bertz CT molecular complexity index is 596. The third-order valence-electron chi connectivity index (χ3n) is 2.97. The largest absolute Gasteiger partial charge is 0.273 e. The quantitative estimate of drug-likeness (QED) is 0.640. The number of amides is 1. The molecule has 0 unspecified atom stereocenters. The van der Waals surface area contributed by atoms with E-state index in [1.54, 1.807) is 25.3 Å². The molecule has 102 valence electrons. The van der Waals surface area contributed by atoms with E-state index in [4.69, 9.17) is 0 Å². The van der Waals surface area contributed by atoms with E-state index < -0.39 is 15.8 Å². The van der Waals surface area contributed by atoms with E-state index in [0.29, 0.717) is 17.8 Å². The van der Waals surface area contributed by atoms with Crippen molar-refractivity contribution in [3.05, 3.63) is 30.1 Å². The molecular formula is C12H15N3O3S. The van der Waals surface area contributed by atoms with Crippen LogP contribution in [0.5, 0.6) is 0 Å². The van der Waals surface area contributed by atoms with Crippen molar-refractivity contribution in [1.82, 2.24) is 10.4 Å². The Hall–Kier alpha value is -1.76. The van der Waals surface area contributed by atoms with Gasteiger partial charge in [0.1, 0.15) is 0 Å². The second kappa shape index (κ2) is 5.48. The number of pyridine rings is 1. The summed E-state index contributed by atoms with van der Waals surface area (Å²) >= 11 is 0. The first-order valence-corrected chi connectivity index (χ1v) is 7.76. The van der Waals surface area contributed by atoms with Gasteiger partial charge in [0, 0.05) is 6.20 Å². The summed E-state index contributed by atoms with van der Waals surface area (Å²) in [5.41, 5.74) is 3.65. The number of aromatic nitrogens is 1. The third kappa shape index (κ3) is 3.60. The molecule has 1 aromatic rings. The van der Waals surface area contributed by atoms with Crippen LogP contribution >= 0.6 is 0 Å². The lowest BCUT2D eigenvalue weighted by Crippen LogP contribution is -2.28. The van der Waals surface area contributed by atoms with Crippen molar-refractivity contribution in [2.24, 2.45) is 11.0 Å². The molecule has 1 amide bonds. The van der Waals surface area contributed by atoms with Gasteiger partial charge in [-0.3, -0.25) is 9.78 Å². The minimum Gasteiger partial charge on any atom is -0.273 e. The molecule has 1 aromatic heterocycles. The van der Waals surface area contributed by atoms with Gasteiger partial charge in [0.05, 0.1) is 28.8 Å². The summed E-state index contributed by atoms with van der Waals surface area (Å²) in [6.07, 6.45) is 2.01. The summed E-state index contributed by atoms with van der Waals surface area (Å²) in [6.45, 7) is 1.73. The van der Waals surface area contributed by atoms with Gasteiger partial charge in [-0.2, -0.15) is 5.10 Å². The number of hydrogen-bond donors (Lipinski definition) is 1. The van der Waals surface area contributed by atoms with E-state index in [1.165, 1.54) is 0 Å². The SMILES string of the molecule is C/C(=N/NC(=O)[C@@H]1CCS(=O)(=O)C1)c1ccccn1. The molecule has 1 atom stereocenters. The van der Waals surface area contributed by atoms with Crippen LogP contribution in [0.2, 0.25) is 0 Å². The predicted octanol–water partition coefficient (Wildman–Crippen LogP) is 0.357. The number of hydrazone groups is 1. The number of hydrogen-bond acceptors (Lipinski definition) is 5. The number of nitrogens with one attached hydrogen (secondary N) is 1. The van der Waals surface area contributed by atoms with Crippen molar-refractivity contribution < 1.29 is 13.2 Å². The Kier molecular flexibility index (Phi) is 3.94. The lowest BCUT2D eigenvalue weighted by Gasteiger charge is -2.06. The molecule has 1 fully saturated rings. The average molecular weight is 281 g/mol. The number of rotatable bonds is 3. The number of sulfone groups is 1. The molecule has 2 heterocycles. The second-order valence-electron chi connectivity index (χ2n) is 4.49. The van der Waals surface area contributed by atoms with Crippen LogP contribution in [0.15, 0.2) is 29.5 Å². The normalized spacial score (nSPS) is 22.2. The van der Waals surface area contributed by atoms with Gasteiger partial charge >= 0.3 is 0 Å². The summed E-state index contributed by atoms with van der Waals surface area (Å²) in [5, 5.41) is 3.95. The van der Waals surface area contributed by atoms with Gasteiger partial charge in [0.25, 0.3) is 0 Å². The lowest BCUT2D eigenvalue weighted by atomic mass is 10.1. The minimum absolute atomic E-state index is 0.0774. The maximum Gasteiger partial charge on any atom is 0.244 e. The Balaban J connectivity index is 1.97. The molecule has 2 rings (SSSR count). The first kappa shape index (κ1) is 13.7. The fraction of sp³-hybridized carbons (Fsp3) is 0.417.